The average Bonchev–Trinajstić information content (AvgIpc) is 3.02. The summed E-state index contributed by atoms with van der Waals surface area (Å²) in [6.45, 7) is 4.50. The van der Waals surface area contributed by atoms with Gasteiger partial charge in [-0.3, -0.25) is 4.79 Å². The van der Waals surface area contributed by atoms with Crippen molar-refractivity contribution in [1.82, 2.24) is 4.57 Å². The molecule has 7 nitrogen and oxygen atoms in total. The van der Waals surface area contributed by atoms with Crippen molar-refractivity contribution in [3.8, 4) is 5.75 Å². The van der Waals surface area contributed by atoms with E-state index >= 15 is 0 Å². The summed E-state index contributed by atoms with van der Waals surface area (Å²) in [6, 6.07) is 6.30. The molecule has 1 aromatic heterocycles. The number of anilines is 1. The number of nitrogens with one attached hydrogen (secondary N) is 1. The summed E-state index contributed by atoms with van der Waals surface area (Å²) in [5.74, 6) is 0.715. The van der Waals surface area contributed by atoms with Gasteiger partial charge in [0.1, 0.15) is 16.5 Å². The Kier molecular flexibility index (Phi) is 7.43. The van der Waals surface area contributed by atoms with Gasteiger partial charge in [0.25, 0.3) is 0 Å². The Morgan fingerprint density at radius 3 is 2.32 bits per heavy atom. The molecule has 0 atom stereocenters. The third-order valence-corrected chi connectivity index (χ3v) is 8.08. The van der Waals surface area contributed by atoms with Crippen LogP contribution in [0.1, 0.15) is 43.4 Å². The van der Waals surface area contributed by atoms with E-state index in [4.69, 9.17) is 9.47 Å². The maximum Gasteiger partial charge on any atom is 0.228 e. The molecule has 1 aliphatic rings. The summed E-state index contributed by atoms with van der Waals surface area (Å²) in [7, 11) is -0.728. The number of benzene rings is 1. The number of carbonyl (C=O) groups excluding carboxylic acids is 1. The third-order valence-electron chi connectivity index (χ3n) is 6.15. The molecule has 0 bridgehead atoms. The van der Waals surface area contributed by atoms with Crippen LogP contribution in [0.2, 0.25) is 0 Å². The van der Waals surface area contributed by atoms with Crippen LogP contribution >= 0.6 is 0 Å². The molecular weight excluding hydrogens is 416 g/mol. The standard InChI is InChI=1S/C23H32N2O5S/c1-16-17(2)25(14-15-29-3)22(24-23(26)18-8-6-5-7-9-18)21(16)31(27,28)20-12-10-19(30-4)11-13-20/h10-13,18H,5-9,14-15H2,1-4H3,(H,24,26). The highest BCUT2D eigenvalue weighted by molar-refractivity contribution is 7.91. The van der Waals surface area contributed by atoms with Gasteiger partial charge in [-0.2, -0.15) is 0 Å². The minimum absolute atomic E-state index is 0.0864. The minimum Gasteiger partial charge on any atom is -0.497 e. The second-order valence-corrected chi connectivity index (χ2v) is 9.92. The highest BCUT2D eigenvalue weighted by atomic mass is 32.2. The van der Waals surface area contributed by atoms with Crippen LogP contribution in [0.5, 0.6) is 5.75 Å². The second-order valence-electron chi connectivity index (χ2n) is 8.04. The van der Waals surface area contributed by atoms with Gasteiger partial charge >= 0.3 is 0 Å². The molecule has 1 amide bonds. The van der Waals surface area contributed by atoms with Gasteiger partial charge in [-0.15, -0.1) is 0 Å². The highest BCUT2D eigenvalue weighted by Gasteiger charge is 2.32. The van der Waals surface area contributed by atoms with Crippen molar-refractivity contribution in [2.75, 3.05) is 26.1 Å². The molecule has 0 aliphatic heterocycles. The molecule has 0 radical (unpaired) electrons. The van der Waals surface area contributed by atoms with Crippen molar-refractivity contribution in [3.05, 3.63) is 35.5 Å². The largest absolute Gasteiger partial charge is 0.497 e. The number of aromatic nitrogens is 1. The Bertz CT molecular complexity index is 1020. The molecule has 1 aromatic carbocycles. The quantitative estimate of drug-likeness (QED) is 0.657. The van der Waals surface area contributed by atoms with Crippen LogP contribution in [0.25, 0.3) is 0 Å². The third kappa shape index (κ3) is 4.80. The Hall–Kier alpha value is -2.32. The minimum atomic E-state index is -3.86. The zero-order chi connectivity index (χ0) is 22.6. The maximum atomic E-state index is 13.6. The van der Waals surface area contributed by atoms with E-state index in [-0.39, 0.29) is 21.6 Å². The Morgan fingerprint density at radius 2 is 1.74 bits per heavy atom. The summed E-state index contributed by atoms with van der Waals surface area (Å²) in [6.07, 6.45) is 4.87. The smallest absolute Gasteiger partial charge is 0.228 e. The van der Waals surface area contributed by atoms with Crippen molar-refractivity contribution < 1.29 is 22.7 Å². The number of hydrogen-bond donors (Lipinski definition) is 1. The van der Waals surface area contributed by atoms with Crippen LogP contribution in [-0.4, -0.2) is 39.7 Å². The lowest BCUT2D eigenvalue weighted by molar-refractivity contribution is -0.120. The number of sulfone groups is 1. The lowest BCUT2D eigenvalue weighted by Crippen LogP contribution is -2.27. The van der Waals surface area contributed by atoms with E-state index in [0.717, 1.165) is 37.8 Å². The lowest BCUT2D eigenvalue weighted by Gasteiger charge is -2.22. The van der Waals surface area contributed by atoms with E-state index in [9.17, 15) is 13.2 Å². The normalized spacial score (nSPS) is 15.1. The van der Waals surface area contributed by atoms with Crippen molar-refractivity contribution in [2.45, 2.75) is 62.3 Å². The van der Waals surface area contributed by atoms with E-state index in [1.165, 1.54) is 19.2 Å². The fourth-order valence-corrected chi connectivity index (χ4v) is 5.90. The van der Waals surface area contributed by atoms with Gasteiger partial charge in [0, 0.05) is 25.3 Å². The summed E-state index contributed by atoms with van der Waals surface area (Å²) in [4.78, 5) is 13.4. The van der Waals surface area contributed by atoms with Crippen molar-refractivity contribution in [3.63, 3.8) is 0 Å². The maximum absolute atomic E-state index is 13.6. The molecule has 1 heterocycles. The topological polar surface area (TPSA) is 86.6 Å². The van der Waals surface area contributed by atoms with Crippen molar-refractivity contribution in [1.29, 1.82) is 0 Å². The highest BCUT2D eigenvalue weighted by Crippen LogP contribution is 2.36. The van der Waals surface area contributed by atoms with Crippen LogP contribution in [0.3, 0.4) is 0 Å². The lowest BCUT2D eigenvalue weighted by atomic mass is 9.89. The van der Waals surface area contributed by atoms with E-state index in [2.05, 4.69) is 5.32 Å². The number of nitrogens with zero attached hydrogens (tertiary/aromatic N) is 1. The molecule has 1 fully saturated rings. The Balaban J connectivity index is 2.08. The van der Waals surface area contributed by atoms with E-state index < -0.39 is 9.84 Å². The molecule has 1 N–H and O–H groups in total. The first-order valence-corrected chi connectivity index (χ1v) is 12.2. The van der Waals surface area contributed by atoms with Gasteiger partial charge < -0.3 is 19.4 Å². The molecule has 8 heteroatoms. The molecule has 3 rings (SSSR count). The summed E-state index contributed by atoms with van der Waals surface area (Å²) < 4.78 is 39.5. The van der Waals surface area contributed by atoms with Gasteiger partial charge in [-0.05, 0) is 56.5 Å². The summed E-state index contributed by atoms with van der Waals surface area (Å²) in [5, 5.41) is 2.98. The van der Waals surface area contributed by atoms with E-state index in [1.54, 1.807) is 26.2 Å². The molecule has 1 aliphatic carbocycles. The Labute approximate surface area is 184 Å². The molecule has 31 heavy (non-hydrogen) atoms. The number of methoxy groups -OCH3 is 2. The van der Waals surface area contributed by atoms with Gasteiger partial charge in [0.05, 0.1) is 18.6 Å². The first-order valence-electron chi connectivity index (χ1n) is 10.7. The average molecular weight is 449 g/mol. The van der Waals surface area contributed by atoms with Crippen LogP contribution in [0.4, 0.5) is 5.82 Å². The predicted octanol–water partition coefficient (Wildman–Crippen LogP) is 4.11. The number of ether oxygens (including phenoxy) is 2. The van der Waals surface area contributed by atoms with Gasteiger partial charge in [0.15, 0.2) is 0 Å². The predicted molar refractivity (Wildman–Crippen MR) is 119 cm³/mol. The molecule has 2 aromatic rings. The van der Waals surface area contributed by atoms with Crippen LogP contribution in [0, 0.1) is 19.8 Å². The Morgan fingerprint density at radius 1 is 1.10 bits per heavy atom. The van der Waals surface area contributed by atoms with Gasteiger partial charge in [-0.25, -0.2) is 8.42 Å². The van der Waals surface area contributed by atoms with Gasteiger partial charge in [0.2, 0.25) is 15.7 Å². The second kappa shape index (κ2) is 9.87. The van der Waals surface area contributed by atoms with E-state index in [1.807, 2.05) is 11.5 Å². The fraction of sp³-hybridized carbons (Fsp3) is 0.522. The zero-order valence-corrected chi connectivity index (χ0v) is 19.5. The first kappa shape index (κ1) is 23.3. The van der Waals surface area contributed by atoms with Gasteiger partial charge in [-0.1, -0.05) is 19.3 Å². The van der Waals surface area contributed by atoms with Crippen LogP contribution in [0.15, 0.2) is 34.1 Å². The van der Waals surface area contributed by atoms with Crippen molar-refractivity contribution >= 4 is 21.6 Å². The van der Waals surface area contributed by atoms with Crippen LogP contribution < -0.4 is 10.1 Å². The summed E-state index contributed by atoms with van der Waals surface area (Å²) in [5.41, 5.74) is 1.42. The molecule has 0 unspecified atom stereocenters. The van der Waals surface area contributed by atoms with Crippen molar-refractivity contribution in [2.24, 2.45) is 5.92 Å². The molecular formula is C23H32N2O5S. The molecule has 170 valence electrons. The molecule has 0 saturated heterocycles. The number of carbonyl (C=O) groups is 1. The van der Waals surface area contributed by atoms with E-state index in [0.29, 0.717) is 30.3 Å². The monoisotopic (exact) mass is 448 g/mol. The first-order chi connectivity index (χ1) is 14.8. The van der Waals surface area contributed by atoms with Crippen LogP contribution in [-0.2, 0) is 25.9 Å². The molecule has 0 spiro atoms. The molecule has 1 saturated carbocycles. The number of rotatable bonds is 8. The fourth-order valence-electron chi connectivity index (χ4n) is 4.21. The number of hydrogen-bond acceptors (Lipinski definition) is 5. The number of amides is 1. The zero-order valence-electron chi connectivity index (χ0n) is 18.7. The SMILES string of the molecule is COCCn1c(C)c(C)c(S(=O)(=O)c2ccc(OC)cc2)c1NC(=O)C1CCCCC1. The summed E-state index contributed by atoms with van der Waals surface area (Å²) >= 11 is 0.